The van der Waals surface area contributed by atoms with Crippen molar-refractivity contribution in [1.82, 2.24) is 9.88 Å². The van der Waals surface area contributed by atoms with Gasteiger partial charge < -0.3 is 19.6 Å². The number of hydrogen-bond donors (Lipinski definition) is 3. The third-order valence-electron chi connectivity index (χ3n) is 3.87. The normalized spacial score (nSPS) is 11.1. The highest BCUT2D eigenvalue weighted by Gasteiger charge is 2.20. The van der Waals surface area contributed by atoms with Crippen LogP contribution in [0.4, 0.5) is 11.4 Å². The Morgan fingerprint density at radius 3 is 2.46 bits per heavy atom. The maximum Gasteiger partial charge on any atom is 0.291 e. The van der Waals surface area contributed by atoms with Crippen molar-refractivity contribution in [3.8, 4) is 0 Å². The highest BCUT2D eigenvalue weighted by molar-refractivity contribution is 7.92. The zero-order valence-corrected chi connectivity index (χ0v) is 15.9. The summed E-state index contributed by atoms with van der Waals surface area (Å²) < 4.78 is 34.2. The van der Waals surface area contributed by atoms with Crippen molar-refractivity contribution in [2.24, 2.45) is 7.05 Å². The fourth-order valence-corrected chi connectivity index (χ4v) is 3.63. The van der Waals surface area contributed by atoms with Gasteiger partial charge in [-0.05, 0) is 36.4 Å². The van der Waals surface area contributed by atoms with Gasteiger partial charge in [0.05, 0.1) is 12.0 Å². The van der Waals surface area contributed by atoms with Gasteiger partial charge in [0.1, 0.15) is 10.6 Å². The monoisotopic (exact) mass is 402 g/mol. The van der Waals surface area contributed by atoms with Crippen molar-refractivity contribution < 1.29 is 22.4 Å². The van der Waals surface area contributed by atoms with E-state index in [1.54, 1.807) is 31.3 Å². The standard InChI is InChI=1S/C18H18N4O5S/c1-19-17(23)15-10-14(11-22(15)2)28(25,26)21-13-6-3-5-12(9-13)20-18(24)16-7-4-8-27-16/h3-11,21H,1-2H3,(H,19,23)(H,20,24). The van der Waals surface area contributed by atoms with E-state index in [0.717, 1.165) is 0 Å². The molecule has 1 aromatic carbocycles. The van der Waals surface area contributed by atoms with E-state index in [-0.39, 0.29) is 22.0 Å². The zero-order valence-electron chi connectivity index (χ0n) is 15.1. The van der Waals surface area contributed by atoms with Gasteiger partial charge in [-0.25, -0.2) is 8.42 Å². The van der Waals surface area contributed by atoms with Gasteiger partial charge in [0.25, 0.3) is 21.8 Å². The molecule has 0 bridgehead atoms. The molecule has 0 atom stereocenters. The lowest BCUT2D eigenvalue weighted by atomic mass is 10.3. The van der Waals surface area contributed by atoms with E-state index < -0.39 is 21.8 Å². The molecule has 3 aromatic rings. The molecule has 2 amide bonds. The average Bonchev–Trinajstić information content (AvgIpc) is 3.31. The minimum Gasteiger partial charge on any atom is -0.459 e. The van der Waals surface area contributed by atoms with Gasteiger partial charge in [0.2, 0.25) is 0 Å². The number of aromatic nitrogens is 1. The van der Waals surface area contributed by atoms with Gasteiger partial charge in [0.15, 0.2) is 5.76 Å². The second-order valence-corrected chi connectivity index (χ2v) is 7.55. The lowest BCUT2D eigenvalue weighted by molar-refractivity contribution is 0.0953. The molecule has 0 aliphatic heterocycles. The fraction of sp³-hybridized carbons (Fsp3) is 0.111. The largest absolute Gasteiger partial charge is 0.459 e. The molecule has 28 heavy (non-hydrogen) atoms. The Bertz CT molecular complexity index is 1120. The number of sulfonamides is 1. The molecular weight excluding hydrogens is 384 g/mol. The maximum absolute atomic E-state index is 12.6. The van der Waals surface area contributed by atoms with Crippen LogP contribution in [-0.4, -0.2) is 31.8 Å². The van der Waals surface area contributed by atoms with Crippen LogP contribution < -0.4 is 15.4 Å². The van der Waals surface area contributed by atoms with Crippen LogP contribution in [0.5, 0.6) is 0 Å². The molecule has 3 rings (SSSR count). The number of amides is 2. The van der Waals surface area contributed by atoms with Crippen LogP contribution in [-0.2, 0) is 17.1 Å². The summed E-state index contributed by atoms with van der Waals surface area (Å²) >= 11 is 0. The first-order valence-electron chi connectivity index (χ1n) is 8.16. The first kappa shape index (κ1) is 19.2. The number of nitrogens with zero attached hydrogens (tertiary/aromatic N) is 1. The lowest BCUT2D eigenvalue weighted by Crippen LogP contribution is -2.20. The molecule has 0 spiro atoms. The van der Waals surface area contributed by atoms with E-state index in [4.69, 9.17) is 4.42 Å². The molecule has 10 heteroatoms. The topological polar surface area (TPSA) is 122 Å². The molecule has 0 aliphatic rings. The number of furan rings is 1. The smallest absolute Gasteiger partial charge is 0.291 e. The van der Waals surface area contributed by atoms with E-state index in [9.17, 15) is 18.0 Å². The number of hydrogen-bond acceptors (Lipinski definition) is 5. The molecule has 2 aromatic heterocycles. The van der Waals surface area contributed by atoms with E-state index in [1.807, 2.05) is 0 Å². The van der Waals surface area contributed by atoms with E-state index in [1.165, 1.54) is 42.3 Å². The van der Waals surface area contributed by atoms with Gasteiger partial charge in [-0.2, -0.15) is 0 Å². The van der Waals surface area contributed by atoms with Crippen molar-refractivity contribution in [3.05, 3.63) is 66.4 Å². The fourth-order valence-electron chi connectivity index (χ4n) is 2.51. The summed E-state index contributed by atoms with van der Waals surface area (Å²) in [6, 6.07) is 10.6. The summed E-state index contributed by atoms with van der Waals surface area (Å²) in [6.45, 7) is 0. The number of aryl methyl sites for hydroxylation is 1. The van der Waals surface area contributed by atoms with E-state index in [2.05, 4.69) is 15.4 Å². The Labute approximate surface area is 161 Å². The Balaban J connectivity index is 1.79. The van der Waals surface area contributed by atoms with E-state index in [0.29, 0.717) is 5.69 Å². The zero-order chi connectivity index (χ0) is 20.3. The molecule has 0 fully saturated rings. The van der Waals surface area contributed by atoms with Crippen LogP contribution in [0.3, 0.4) is 0 Å². The van der Waals surface area contributed by atoms with Crippen molar-refractivity contribution in [1.29, 1.82) is 0 Å². The molecule has 9 nitrogen and oxygen atoms in total. The summed E-state index contributed by atoms with van der Waals surface area (Å²) in [4.78, 5) is 23.8. The third kappa shape index (κ3) is 4.07. The average molecular weight is 402 g/mol. The molecule has 3 N–H and O–H groups in total. The Hall–Kier alpha value is -3.53. The molecule has 0 aliphatic carbocycles. The van der Waals surface area contributed by atoms with Gasteiger partial charge in [-0.15, -0.1) is 0 Å². The van der Waals surface area contributed by atoms with Crippen molar-refractivity contribution in [3.63, 3.8) is 0 Å². The molecular formula is C18H18N4O5S. The first-order valence-corrected chi connectivity index (χ1v) is 9.64. The van der Waals surface area contributed by atoms with Crippen LogP contribution in [0.15, 0.2) is 64.2 Å². The van der Waals surface area contributed by atoms with Gasteiger partial charge in [-0.3, -0.25) is 14.3 Å². The molecule has 146 valence electrons. The Morgan fingerprint density at radius 2 is 1.79 bits per heavy atom. The number of nitrogens with one attached hydrogen (secondary N) is 3. The maximum atomic E-state index is 12.6. The highest BCUT2D eigenvalue weighted by Crippen LogP contribution is 2.21. The summed E-state index contributed by atoms with van der Waals surface area (Å²) in [5.74, 6) is -0.716. The number of carbonyl (C=O) groups excluding carboxylic acids is 2. The Morgan fingerprint density at radius 1 is 1.04 bits per heavy atom. The molecule has 0 saturated carbocycles. The Kier molecular flexibility index (Phi) is 5.23. The van der Waals surface area contributed by atoms with Crippen LogP contribution in [0.1, 0.15) is 21.0 Å². The predicted molar refractivity (Wildman–Crippen MR) is 103 cm³/mol. The van der Waals surface area contributed by atoms with Gasteiger partial charge in [-0.1, -0.05) is 6.07 Å². The van der Waals surface area contributed by atoms with Crippen LogP contribution in [0.25, 0.3) is 0 Å². The van der Waals surface area contributed by atoms with Crippen molar-refractivity contribution in [2.75, 3.05) is 17.1 Å². The predicted octanol–water partition coefficient (Wildman–Crippen LogP) is 2.03. The highest BCUT2D eigenvalue weighted by atomic mass is 32.2. The van der Waals surface area contributed by atoms with Crippen LogP contribution in [0.2, 0.25) is 0 Å². The summed E-state index contributed by atoms with van der Waals surface area (Å²) in [7, 11) is -0.887. The SMILES string of the molecule is CNC(=O)c1cc(S(=O)(=O)Nc2cccc(NC(=O)c3ccco3)c2)cn1C. The first-order chi connectivity index (χ1) is 13.3. The molecule has 0 saturated heterocycles. The second kappa shape index (κ2) is 7.61. The lowest BCUT2D eigenvalue weighted by Gasteiger charge is -2.09. The number of rotatable bonds is 6. The van der Waals surface area contributed by atoms with E-state index >= 15 is 0 Å². The molecule has 0 unspecified atom stereocenters. The molecule has 0 radical (unpaired) electrons. The summed E-state index contributed by atoms with van der Waals surface area (Å²) in [5.41, 5.74) is 0.852. The summed E-state index contributed by atoms with van der Waals surface area (Å²) in [5, 5.41) is 5.07. The van der Waals surface area contributed by atoms with Crippen molar-refractivity contribution in [2.45, 2.75) is 4.90 Å². The third-order valence-corrected chi connectivity index (χ3v) is 5.22. The van der Waals surface area contributed by atoms with Crippen LogP contribution in [0, 0.1) is 0 Å². The summed E-state index contributed by atoms with van der Waals surface area (Å²) in [6.07, 6.45) is 2.72. The minimum absolute atomic E-state index is 0.0568. The van der Waals surface area contributed by atoms with Crippen molar-refractivity contribution >= 4 is 33.2 Å². The second-order valence-electron chi connectivity index (χ2n) is 5.87. The molecule has 2 heterocycles. The van der Waals surface area contributed by atoms with Gasteiger partial charge in [0, 0.05) is 26.0 Å². The van der Waals surface area contributed by atoms with Gasteiger partial charge >= 0.3 is 0 Å². The minimum atomic E-state index is -3.93. The number of carbonyl (C=O) groups is 2. The number of anilines is 2. The quantitative estimate of drug-likeness (QED) is 0.582. The van der Waals surface area contributed by atoms with Crippen LogP contribution >= 0.6 is 0 Å². The number of benzene rings is 1.